The minimum Gasteiger partial charge on any atom is -0.463 e. The quantitative estimate of drug-likeness (QED) is 0.906. The molecule has 2 aromatic rings. The van der Waals surface area contributed by atoms with Gasteiger partial charge in [-0.1, -0.05) is 0 Å². The van der Waals surface area contributed by atoms with Crippen LogP contribution in [0.3, 0.4) is 0 Å². The van der Waals surface area contributed by atoms with Crippen molar-refractivity contribution in [2.75, 3.05) is 11.9 Å². The van der Waals surface area contributed by atoms with E-state index < -0.39 is 6.10 Å². The Morgan fingerprint density at radius 3 is 2.82 bits per heavy atom. The van der Waals surface area contributed by atoms with Crippen molar-refractivity contribution in [1.82, 2.24) is 4.98 Å². The zero-order chi connectivity index (χ0) is 15.5. The summed E-state index contributed by atoms with van der Waals surface area (Å²) < 4.78 is 5.52. The predicted molar refractivity (Wildman–Crippen MR) is 83.5 cm³/mol. The number of aliphatic hydroxyl groups is 1. The molecule has 5 heteroatoms. The maximum atomic E-state index is 9.55. The van der Waals surface area contributed by atoms with E-state index in [1.807, 2.05) is 12.1 Å². The van der Waals surface area contributed by atoms with Gasteiger partial charge in [0.25, 0.3) is 0 Å². The molecule has 0 aromatic carbocycles. The minimum atomic E-state index is -0.503. The zero-order valence-corrected chi connectivity index (χ0v) is 12.6. The van der Waals surface area contributed by atoms with Crippen LogP contribution in [0.4, 0.5) is 5.82 Å². The summed E-state index contributed by atoms with van der Waals surface area (Å²) in [6.07, 6.45) is 5.12. The average Bonchev–Trinajstić information content (AvgIpc) is 3.05. The van der Waals surface area contributed by atoms with Crippen LogP contribution in [0, 0.1) is 11.3 Å². The summed E-state index contributed by atoms with van der Waals surface area (Å²) in [4.78, 5) is 4.63. The molecule has 1 aliphatic carbocycles. The molecule has 1 atom stereocenters. The van der Waals surface area contributed by atoms with Gasteiger partial charge in [-0.3, -0.25) is 0 Å². The number of fused-ring (bicyclic) bond motifs is 1. The highest BCUT2D eigenvalue weighted by Gasteiger charge is 2.23. The van der Waals surface area contributed by atoms with Crippen molar-refractivity contribution >= 4 is 5.82 Å². The number of hydrogen-bond donors (Lipinski definition) is 2. The molecule has 2 aromatic heterocycles. The van der Waals surface area contributed by atoms with Crippen LogP contribution in [-0.4, -0.2) is 22.7 Å². The minimum absolute atomic E-state index is 0.359. The molecule has 0 fully saturated rings. The molecular formula is C17H19N3O2. The molecule has 3 rings (SSSR count). The molecule has 0 aliphatic heterocycles. The van der Waals surface area contributed by atoms with E-state index in [0.717, 1.165) is 48.3 Å². The third kappa shape index (κ3) is 2.70. The monoisotopic (exact) mass is 297 g/mol. The van der Waals surface area contributed by atoms with Crippen LogP contribution in [0.25, 0.3) is 11.5 Å². The van der Waals surface area contributed by atoms with Gasteiger partial charge in [0.05, 0.1) is 17.9 Å². The van der Waals surface area contributed by atoms with Gasteiger partial charge >= 0.3 is 0 Å². The molecule has 22 heavy (non-hydrogen) atoms. The van der Waals surface area contributed by atoms with Crippen LogP contribution >= 0.6 is 0 Å². The summed E-state index contributed by atoms with van der Waals surface area (Å²) in [5.74, 6) is 1.26. The van der Waals surface area contributed by atoms with Gasteiger partial charge in [0.1, 0.15) is 17.6 Å². The lowest BCUT2D eigenvalue weighted by atomic mass is 9.87. The topological polar surface area (TPSA) is 82.1 Å². The lowest BCUT2D eigenvalue weighted by Crippen LogP contribution is -2.19. The maximum absolute atomic E-state index is 9.55. The van der Waals surface area contributed by atoms with Crippen molar-refractivity contribution in [3.63, 3.8) is 0 Å². The smallest absolute Gasteiger partial charge is 0.152 e. The Hall–Kier alpha value is -2.32. The Kier molecular flexibility index (Phi) is 4.12. The van der Waals surface area contributed by atoms with E-state index in [4.69, 9.17) is 4.42 Å². The second-order valence-corrected chi connectivity index (χ2v) is 5.67. The van der Waals surface area contributed by atoms with E-state index in [9.17, 15) is 10.4 Å². The molecular weight excluding hydrogens is 278 g/mol. The van der Waals surface area contributed by atoms with Gasteiger partial charge in [-0.2, -0.15) is 5.26 Å². The third-order valence-electron chi connectivity index (χ3n) is 3.95. The molecule has 0 amide bonds. The number of nitrogens with one attached hydrogen (secondary N) is 1. The normalized spacial score (nSPS) is 15.0. The van der Waals surface area contributed by atoms with Gasteiger partial charge in [0.15, 0.2) is 5.76 Å². The van der Waals surface area contributed by atoms with Crippen molar-refractivity contribution in [3.8, 4) is 17.5 Å². The fourth-order valence-corrected chi connectivity index (χ4v) is 2.93. The molecule has 0 saturated heterocycles. The third-order valence-corrected chi connectivity index (χ3v) is 3.95. The molecule has 2 heterocycles. The van der Waals surface area contributed by atoms with Crippen molar-refractivity contribution < 1.29 is 9.52 Å². The maximum Gasteiger partial charge on any atom is 0.152 e. The summed E-state index contributed by atoms with van der Waals surface area (Å²) in [6, 6.07) is 6.01. The van der Waals surface area contributed by atoms with Gasteiger partial charge in [-0.15, -0.1) is 0 Å². The van der Waals surface area contributed by atoms with Crippen LogP contribution in [0.1, 0.15) is 36.5 Å². The van der Waals surface area contributed by atoms with Gasteiger partial charge in [-0.05, 0) is 55.9 Å². The fourth-order valence-electron chi connectivity index (χ4n) is 2.93. The second kappa shape index (κ2) is 6.20. The Bertz CT molecular complexity index is 700. The first kappa shape index (κ1) is 14.6. The number of anilines is 1. The van der Waals surface area contributed by atoms with Gasteiger partial charge in [0, 0.05) is 6.54 Å². The first-order chi connectivity index (χ1) is 10.7. The average molecular weight is 297 g/mol. The highest BCUT2D eigenvalue weighted by molar-refractivity contribution is 5.69. The van der Waals surface area contributed by atoms with E-state index in [1.54, 1.807) is 13.2 Å². The summed E-state index contributed by atoms with van der Waals surface area (Å²) in [7, 11) is 0. The number of nitrogens with zero attached hydrogens (tertiary/aromatic N) is 2. The van der Waals surface area contributed by atoms with E-state index in [-0.39, 0.29) is 0 Å². The van der Waals surface area contributed by atoms with Crippen molar-refractivity contribution in [2.45, 2.75) is 38.7 Å². The summed E-state index contributed by atoms with van der Waals surface area (Å²) in [5.41, 5.74) is 3.61. The Morgan fingerprint density at radius 1 is 1.41 bits per heavy atom. The fraction of sp³-hybridized carbons (Fsp3) is 0.412. The lowest BCUT2D eigenvalue weighted by Gasteiger charge is -2.22. The van der Waals surface area contributed by atoms with Crippen LogP contribution in [0.5, 0.6) is 0 Å². The first-order valence-electron chi connectivity index (χ1n) is 7.62. The molecule has 0 bridgehead atoms. The van der Waals surface area contributed by atoms with Gasteiger partial charge in [-0.25, -0.2) is 4.98 Å². The highest BCUT2D eigenvalue weighted by atomic mass is 16.3. The molecule has 0 saturated carbocycles. The molecule has 0 spiro atoms. The Balaban J connectivity index is 2.14. The summed E-state index contributed by atoms with van der Waals surface area (Å²) in [5, 5.41) is 22.1. The largest absolute Gasteiger partial charge is 0.463 e. The van der Waals surface area contributed by atoms with Gasteiger partial charge < -0.3 is 14.8 Å². The Morgan fingerprint density at radius 2 is 2.18 bits per heavy atom. The number of furan rings is 1. The molecule has 5 nitrogen and oxygen atoms in total. The van der Waals surface area contributed by atoms with E-state index in [0.29, 0.717) is 17.9 Å². The van der Waals surface area contributed by atoms with Crippen LogP contribution in [0.2, 0.25) is 0 Å². The van der Waals surface area contributed by atoms with E-state index in [2.05, 4.69) is 16.4 Å². The van der Waals surface area contributed by atoms with Crippen molar-refractivity contribution in [3.05, 3.63) is 35.1 Å². The summed E-state index contributed by atoms with van der Waals surface area (Å²) >= 11 is 0. The van der Waals surface area contributed by atoms with E-state index in [1.165, 1.54) is 0 Å². The Labute approximate surface area is 129 Å². The molecule has 1 aliphatic rings. The lowest BCUT2D eigenvalue weighted by molar-refractivity contribution is 0.208. The number of nitriles is 1. The molecule has 0 radical (unpaired) electrons. The SMILES string of the molecule is C[C@H](O)CNc1nc(-c2ccco2)c2c(c1C#N)CCCC2. The van der Waals surface area contributed by atoms with Crippen molar-refractivity contribution in [2.24, 2.45) is 0 Å². The van der Waals surface area contributed by atoms with E-state index >= 15 is 0 Å². The number of hydrogen-bond acceptors (Lipinski definition) is 5. The predicted octanol–water partition coefficient (Wildman–Crippen LogP) is 2.88. The number of pyridine rings is 1. The standard InChI is InChI=1S/C17H19N3O2/c1-11(21)10-19-17-14(9-18)12-5-2-3-6-13(12)16(20-17)15-7-4-8-22-15/h4,7-8,11,21H,2-3,5-6,10H2,1H3,(H,19,20)/t11-/m0/s1. The van der Waals surface area contributed by atoms with Crippen LogP contribution < -0.4 is 5.32 Å². The molecule has 2 N–H and O–H groups in total. The number of aliphatic hydroxyl groups excluding tert-OH is 1. The van der Waals surface area contributed by atoms with Gasteiger partial charge in [0.2, 0.25) is 0 Å². The molecule has 0 unspecified atom stereocenters. The van der Waals surface area contributed by atoms with Crippen LogP contribution in [0.15, 0.2) is 22.8 Å². The summed E-state index contributed by atoms with van der Waals surface area (Å²) in [6.45, 7) is 2.06. The van der Waals surface area contributed by atoms with Crippen molar-refractivity contribution in [1.29, 1.82) is 5.26 Å². The number of rotatable bonds is 4. The highest BCUT2D eigenvalue weighted by Crippen LogP contribution is 2.35. The second-order valence-electron chi connectivity index (χ2n) is 5.67. The molecule has 114 valence electrons. The van der Waals surface area contributed by atoms with Crippen LogP contribution in [-0.2, 0) is 12.8 Å². The first-order valence-corrected chi connectivity index (χ1v) is 7.62. The number of aromatic nitrogens is 1. The zero-order valence-electron chi connectivity index (χ0n) is 12.6.